The molecule has 31 heavy (non-hydrogen) atoms. The quantitative estimate of drug-likeness (QED) is 0.578. The third kappa shape index (κ3) is 4.72. The van der Waals surface area contributed by atoms with E-state index >= 15 is 0 Å². The number of nitrogens with zero attached hydrogens (tertiary/aromatic N) is 4. The maximum atomic E-state index is 13.2. The number of anilines is 2. The van der Waals surface area contributed by atoms with Gasteiger partial charge in [0.2, 0.25) is 15.8 Å². The summed E-state index contributed by atoms with van der Waals surface area (Å²) < 4.78 is 40.7. The molecule has 0 radical (unpaired) electrons. The van der Waals surface area contributed by atoms with E-state index in [1.807, 2.05) is 6.92 Å². The minimum absolute atomic E-state index is 0.0374. The lowest BCUT2D eigenvalue weighted by Crippen LogP contribution is -2.23. The van der Waals surface area contributed by atoms with E-state index in [0.29, 0.717) is 23.7 Å². The molecule has 0 bridgehead atoms. The van der Waals surface area contributed by atoms with Gasteiger partial charge in [-0.15, -0.1) is 5.10 Å². The van der Waals surface area contributed by atoms with E-state index in [9.17, 15) is 17.6 Å². The molecule has 0 atom stereocenters. The molecule has 9 nitrogen and oxygen atoms in total. The van der Waals surface area contributed by atoms with Gasteiger partial charge in [-0.25, -0.2) is 26.8 Å². The molecular formula is C20H23FN6O3S. The van der Waals surface area contributed by atoms with E-state index < -0.39 is 15.9 Å². The Morgan fingerprint density at radius 1 is 1.13 bits per heavy atom. The summed E-state index contributed by atoms with van der Waals surface area (Å²) >= 11 is 0. The van der Waals surface area contributed by atoms with Crippen molar-refractivity contribution in [2.75, 3.05) is 31.3 Å². The molecule has 0 unspecified atom stereocenters. The lowest BCUT2D eigenvalue weighted by Gasteiger charge is -2.16. The second kappa shape index (κ2) is 8.82. The van der Waals surface area contributed by atoms with Crippen LogP contribution in [0.5, 0.6) is 0 Å². The molecular weight excluding hydrogens is 423 g/mol. The number of aryl methyl sites for hydroxylation is 1. The molecule has 0 fully saturated rings. The molecule has 0 aliphatic rings. The number of hydrogen-bond donors (Lipinski definition) is 2. The molecule has 1 heterocycles. The number of rotatable bonds is 7. The molecule has 11 heteroatoms. The molecule has 2 aromatic carbocycles. The van der Waals surface area contributed by atoms with Crippen LogP contribution in [0.2, 0.25) is 0 Å². The maximum absolute atomic E-state index is 13.2. The fraction of sp³-hybridized carbons (Fsp3) is 0.250. The number of sulfonamides is 1. The highest BCUT2D eigenvalue weighted by Gasteiger charge is 2.21. The SMILES string of the molecule is CCNc1ccc(S(=O)(=O)N(C)C)cc1NC(=O)c1nc(C)n(-c2ccc(F)cc2)n1. The number of aromatic nitrogens is 3. The van der Waals surface area contributed by atoms with Crippen molar-refractivity contribution in [2.45, 2.75) is 18.7 Å². The number of benzene rings is 2. The Bertz CT molecular complexity index is 1210. The van der Waals surface area contributed by atoms with Gasteiger partial charge in [-0.3, -0.25) is 4.79 Å². The van der Waals surface area contributed by atoms with Gasteiger partial charge in [-0.1, -0.05) is 0 Å². The number of halogens is 1. The zero-order valence-corrected chi connectivity index (χ0v) is 18.4. The third-order valence-corrected chi connectivity index (χ3v) is 6.24. The van der Waals surface area contributed by atoms with Crippen molar-refractivity contribution in [3.63, 3.8) is 0 Å². The van der Waals surface area contributed by atoms with E-state index in [2.05, 4.69) is 20.7 Å². The molecule has 0 aliphatic heterocycles. The first-order chi connectivity index (χ1) is 14.6. The molecule has 1 aromatic heterocycles. The second-order valence-electron chi connectivity index (χ2n) is 6.85. The van der Waals surface area contributed by atoms with Gasteiger partial charge in [0.1, 0.15) is 11.6 Å². The molecule has 3 aromatic rings. The minimum Gasteiger partial charge on any atom is -0.384 e. The summed E-state index contributed by atoms with van der Waals surface area (Å²) in [7, 11) is -0.823. The Morgan fingerprint density at radius 3 is 2.42 bits per heavy atom. The van der Waals surface area contributed by atoms with Crippen molar-refractivity contribution < 1.29 is 17.6 Å². The zero-order valence-electron chi connectivity index (χ0n) is 17.5. The Balaban J connectivity index is 1.94. The number of carbonyl (C=O) groups is 1. The highest BCUT2D eigenvalue weighted by atomic mass is 32.2. The summed E-state index contributed by atoms with van der Waals surface area (Å²) in [5, 5.41) is 9.97. The standard InChI is InChI=1S/C20H23FN6O3S/c1-5-22-17-11-10-16(31(29,30)26(3)4)12-18(17)24-20(28)19-23-13(2)27(25-19)15-8-6-14(21)7-9-15/h6-12,22H,5H2,1-4H3,(H,24,28). The number of carbonyl (C=O) groups excluding carboxylic acids is 1. The second-order valence-corrected chi connectivity index (χ2v) is 9.00. The molecule has 2 N–H and O–H groups in total. The minimum atomic E-state index is -3.69. The molecule has 0 saturated carbocycles. The average molecular weight is 447 g/mol. The van der Waals surface area contributed by atoms with Crippen LogP contribution in [0, 0.1) is 12.7 Å². The van der Waals surface area contributed by atoms with Gasteiger partial charge in [-0.2, -0.15) is 0 Å². The Labute approximate surface area is 180 Å². The summed E-state index contributed by atoms with van der Waals surface area (Å²) in [6, 6.07) is 10.1. The van der Waals surface area contributed by atoms with Crippen LogP contribution < -0.4 is 10.6 Å². The topological polar surface area (TPSA) is 109 Å². The fourth-order valence-corrected chi connectivity index (χ4v) is 3.76. The summed E-state index contributed by atoms with van der Waals surface area (Å²) in [5.74, 6) is -0.664. The van der Waals surface area contributed by atoms with E-state index in [1.54, 1.807) is 13.0 Å². The first-order valence-electron chi connectivity index (χ1n) is 9.45. The molecule has 0 aliphatic carbocycles. The van der Waals surface area contributed by atoms with Crippen molar-refractivity contribution in [2.24, 2.45) is 0 Å². The summed E-state index contributed by atoms with van der Waals surface area (Å²) in [6.07, 6.45) is 0. The lowest BCUT2D eigenvalue weighted by atomic mass is 10.2. The normalized spacial score (nSPS) is 11.5. The van der Waals surface area contributed by atoms with Gasteiger partial charge < -0.3 is 10.6 Å². The van der Waals surface area contributed by atoms with Crippen LogP contribution in [0.15, 0.2) is 47.4 Å². The highest BCUT2D eigenvalue weighted by Crippen LogP contribution is 2.27. The molecule has 164 valence electrons. The van der Waals surface area contributed by atoms with Crippen molar-refractivity contribution >= 4 is 27.3 Å². The average Bonchev–Trinajstić information content (AvgIpc) is 3.11. The van der Waals surface area contributed by atoms with Crippen molar-refractivity contribution in [3.05, 3.63) is 59.9 Å². The molecule has 3 rings (SSSR count). The van der Waals surface area contributed by atoms with Crippen LogP contribution in [0.4, 0.5) is 15.8 Å². The van der Waals surface area contributed by atoms with Crippen LogP contribution >= 0.6 is 0 Å². The molecule has 1 amide bonds. The van der Waals surface area contributed by atoms with E-state index in [0.717, 1.165) is 4.31 Å². The largest absolute Gasteiger partial charge is 0.384 e. The zero-order chi connectivity index (χ0) is 22.8. The third-order valence-electron chi connectivity index (χ3n) is 4.43. The van der Waals surface area contributed by atoms with E-state index in [4.69, 9.17) is 0 Å². The molecule has 0 spiro atoms. The predicted octanol–water partition coefficient (Wildman–Crippen LogP) is 2.65. The van der Waals surface area contributed by atoms with Crippen LogP contribution in [-0.4, -0.2) is 54.0 Å². The van der Waals surface area contributed by atoms with Gasteiger partial charge in [0.25, 0.3) is 5.91 Å². The van der Waals surface area contributed by atoms with Gasteiger partial charge in [-0.05, 0) is 56.3 Å². The lowest BCUT2D eigenvalue weighted by molar-refractivity contribution is 0.101. The van der Waals surface area contributed by atoms with Gasteiger partial charge in [0.05, 0.1) is 22.0 Å². The van der Waals surface area contributed by atoms with Crippen LogP contribution in [0.3, 0.4) is 0 Å². The molecule has 0 saturated heterocycles. The van der Waals surface area contributed by atoms with Gasteiger partial charge in [0.15, 0.2) is 0 Å². The number of nitrogens with one attached hydrogen (secondary N) is 2. The first kappa shape index (κ1) is 22.4. The van der Waals surface area contributed by atoms with E-state index in [-0.39, 0.29) is 22.2 Å². The predicted molar refractivity (Wildman–Crippen MR) is 115 cm³/mol. The van der Waals surface area contributed by atoms with Crippen LogP contribution in [0.1, 0.15) is 23.4 Å². The number of amides is 1. The van der Waals surface area contributed by atoms with Gasteiger partial charge in [0, 0.05) is 20.6 Å². The maximum Gasteiger partial charge on any atom is 0.295 e. The van der Waals surface area contributed by atoms with Gasteiger partial charge >= 0.3 is 0 Å². The summed E-state index contributed by atoms with van der Waals surface area (Å²) in [4.78, 5) is 17.0. The summed E-state index contributed by atoms with van der Waals surface area (Å²) in [5.41, 5.74) is 1.40. The Kier molecular flexibility index (Phi) is 6.37. The first-order valence-corrected chi connectivity index (χ1v) is 10.9. The smallest absolute Gasteiger partial charge is 0.295 e. The van der Waals surface area contributed by atoms with Crippen LogP contribution in [0.25, 0.3) is 5.69 Å². The van der Waals surface area contributed by atoms with Crippen molar-refractivity contribution in [3.8, 4) is 5.69 Å². The Hall–Kier alpha value is -3.31. The van der Waals surface area contributed by atoms with Crippen molar-refractivity contribution in [1.82, 2.24) is 19.1 Å². The highest BCUT2D eigenvalue weighted by molar-refractivity contribution is 7.89. The van der Waals surface area contributed by atoms with E-state index in [1.165, 1.54) is 55.2 Å². The fourth-order valence-electron chi connectivity index (χ4n) is 2.83. The number of hydrogen-bond acceptors (Lipinski definition) is 6. The monoisotopic (exact) mass is 446 g/mol. The van der Waals surface area contributed by atoms with Crippen molar-refractivity contribution in [1.29, 1.82) is 0 Å². The summed E-state index contributed by atoms with van der Waals surface area (Å²) in [6.45, 7) is 4.12. The Morgan fingerprint density at radius 2 is 1.81 bits per heavy atom. The van der Waals surface area contributed by atoms with Crippen LogP contribution in [-0.2, 0) is 10.0 Å².